The largest absolute Gasteiger partial charge is 0.493 e. The highest BCUT2D eigenvalue weighted by molar-refractivity contribution is 7.89. The summed E-state index contributed by atoms with van der Waals surface area (Å²) in [5.74, 6) is 0.165. The van der Waals surface area contributed by atoms with Crippen molar-refractivity contribution in [1.82, 2.24) is 15.6 Å². The minimum absolute atomic E-state index is 0.0000628. The molecule has 0 unspecified atom stereocenters. The van der Waals surface area contributed by atoms with Gasteiger partial charge in [0.25, 0.3) is 11.8 Å². The Labute approximate surface area is 190 Å². The van der Waals surface area contributed by atoms with Crippen molar-refractivity contribution < 1.29 is 31.9 Å². The minimum Gasteiger partial charge on any atom is -0.493 e. The molecule has 0 aliphatic heterocycles. The van der Waals surface area contributed by atoms with Gasteiger partial charge in [0.2, 0.25) is 10.0 Å². The number of ether oxygens (including phenoxy) is 2. The van der Waals surface area contributed by atoms with Crippen LogP contribution in [0.4, 0.5) is 0 Å². The summed E-state index contributed by atoms with van der Waals surface area (Å²) >= 11 is 0. The Kier molecular flexibility index (Phi) is 7.70. The number of methoxy groups -OCH3 is 1. The predicted octanol–water partition coefficient (Wildman–Crippen LogP) is 2.24. The summed E-state index contributed by atoms with van der Waals surface area (Å²) in [6.07, 6.45) is 1.45. The Morgan fingerprint density at radius 1 is 0.939 bits per heavy atom. The molecular weight excluding hydrogens is 450 g/mol. The average Bonchev–Trinajstić information content (AvgIpc) is 3.35. The summed E-state index contributed by atoms with van der Waals surface area (Å²) in [4.78, 5) is 24.7. The fraction of sp³-hybridized carbons (Fsp3) is 0.182. The molecule has 0 bridgehead atoms. The molecule has 0 radical (unpaired) electrons. The normalized spacial score (nSPS) is 11.0. The summed E-state index contributed by atoms with van der Waals surface area (Å²) in [6.45, 7) is 2.27. The Balaban J connectivity index is 1.58. The molecule has 2 amide bonds. The van der Waals surface area contributed by atoms with Gasteiger partial charge in [-0.3, -0.25) is 20.4 Å². The molecule has 1 aromatic heterocycles. The van der Waals surface area contributed by atoms with Crippen LogP contribution in [0.1, 0.15) is 33.4 Å². The van der Waals surface area contributed by atoms with E-state index in [0.29, 0.717) is 23.9 Å². The maximum atomic E-state index is 12.4. The zero-order chi connectivity index (χ0) is 23.8. The van der Waals surface area contributed by atoms with Crippen LogP contribution in [0.2, 0.25) is 0 Å². The van der Waals surface area contributed by atoms with E-state index in [1.54, 1.807) is 18.2 Å². The smallest absolute Gasteiger partial charge is 0.269 e. The zero-order valence-corrected chi connectivity index (χ0v) is 18.8. The molecule has 0 saturated heterocycles. The van der Waals surface area contributed by atoms with Gasteiger partial charge in [0.15, 0.2) is 11.5 Å². The number of sulfonamides is 1. The van der Waals surface area contributed by atoms with Gasteiger partial charge < -0.3 is 13.9 Å². The monoisotopic (exact) mass is 473 g/mol. The predicted molar refractivity (Wildman–Crippen MR) is 118 cm³/mol. The number of hydrogen-bond donors (Lipinski definition) is 3. The van der Waals surface area contributed by atoms with Gasteiger partial charge in [0.1, 0.15) is 5.76 Å². The van der Waals surface area contributed by atoms with E-state index >= 15 is 0 Å². The molecule has 174 valence electrons. The van der Waals surface area contributed by atoms with E-state index in [0.717, 1.165) is 0 Å². The maximum Gasteiger partial charge on any atom is 0.269 e. The van der Waals surface area contributed by atoms with E-state index < -0.39 is 21.8 Å². The van der Waals surface area contributed by atoms with Crippen molar-refractivity contribution in [3.8, 4) is 11.5 Å². The second-order valence-corrected chi connectivity index (χ2v) is 8.40. The molecule has 3 N–H and O–H groups in total. The lowest BCUT2D eigenvalue weighted by atomic mass is 10.2. The van der Waals surface area contributed by atoms with E-state index in [1.807, 2.05) is 6.92 Å². The minimum atomic E-state index is -3.79. The van der Waals surface area contributed by atoms with Crippen LogP contribution in [0.15, 0.2) is 70.2 Å². The van der Waals surface area contributed by atoms with Crippen molar-refractivity contribution in [2.24, 2.45) is 0 Å². The lowest BCUT2D eigenvalue weighted by Crippen LogP contribution is -2.41. The number of hydrogen-bond acceptors (Lipinski definition) is 7. The number of hydrazine groups is 1. The van der Waals surface area contributed by atoms with Gasteiger partial charge in [-0.25, -0.2) is 13.1 Å². The van der Waals surface area contributed by atoms with E-state index in [2.05, 4.69) is 15.6 Å². The number of rotatable bonds is 9. The molecule has 33 heavy (non-hydrogen) atoms. The number of amides is 2. The first-order chi connectivity index (χ1) is 15.8. The molecule has 11 heteroatoms. The Hall–Kier alpha value is -3.83. The van der Waals surface area contributed by atoms with Crippen molar-refractivity contribution in [1.29, 1.82) is 0 Å². The summed E-state index contributed by atoms with van der Waals surface area (Å²) < 4.78 is 42.9. The average molecular weight is 474 g/mol. The van der Waals surface area contributed by atoms with Crippen LogP contribution < -0.4 is 25.0 Å². The number of nitrogens with one attached hydrogen (secondary N) is 3. The van der Waals surface area contributed by atoms with Gasteiger partial charge in [-0.1, -0.05) is 0 Å². The lowest BCUT2D eigenvalue weighted by molar-refractivity contribution is 0.0846. The molecule has 3 aromatic rings. The molecule has 0 saturated carbocycles. The van der Waals surface area contributed by atoms with Crippen molar-refractivity contribution >= 4 is 21.8 Å². The zero-order valence-electron chi connectivity index (χ0n) is 18.0. The number of carbonyl (C=O) groups excluding carboxylic acids is 2. The lowest BCUT2D eigenvalue weighted by Gasteiger charge is -2.12. The van der Waals surface area contributed by atoms with E-state index in [-0.39, 0.29) is 22.6 Å². The summed E-state index contributed by atoms with van der Waals surface area (Å²) in [5, 5.41) is 0. The third-order valence-electron chi connectivity index (χ3n) is 4.46. The molecule has 0 atom stereocenters. The van der Waals surface area contributed by atoms with Crippen LogP contribution in [0.5, 0.6) is 11.5 Å². The summed E-state index contributed by atoms with van der Waals surface area (Å²) in [7, 11) is -2.33. The van der Waals surface area contributed by atoms with Crippen molar-refractivity contribution in [2.45, 2.75) is 18.4 Å². The molecule has 1 heterocycles. The van der Waals surface area contributed by atoms with Crippen LogP contribution in [0.3, 0.4) is 0 Å². The Morgan fingerprint density at radius 2 is 1.61 bits per heavy atom. The van der Waals surface area contributed by atoms with Crippen LogP contribution in [0, 0.1) is 0 Å². The molecule has 0 spiro atoms. The van der Waals surface area contributed by atoms with Crippen molar-refractivity contribution in [3.63, 3.8) is 0 Å². The van der Waals surface area contributed by atoms with Crippen molar-refractivity contribution in [3.05, 3.63) is 77.7 Å². The molecule has 0 aliphatic carbocycles. The van der Waals surface area contributed by atoms with Crippen LogP contribution in [-0.4, -0.2) is 33.9 Å². The number of carbonyl (C=O) groups is 2. The fourth-order valence-corrected chi connectivity index (χ4v) is 3.78. The maximum absolute atomic E-state index is 12.4. The van der Waals surface area contributed by atoms with Crippen LogP contribution >= 0.6 is 0 Å². The fourth-order valence-electron chi connectivity index (χ4n) is 2.79. The quantitative estimate of drug-likeness (QED) is 0.406. The summed E-state index contributed by atoms with van der Waals surface area (Å²) in [6, 6.07) is 13.2. The van der Waals surface area contributed by atoms with Gasteiger partial charge in [-0.2, -0.15) is 0 Å². The topological polar surface area (TPSA) is 136 Å². The van der Waals surface area contributed by atoms with E-state index in [1.165, 1.54) is 49.8 Å². The Morgan fingerprint density at radius 3 is 2.21 bits per heavy atom. The van der Waals surface area contributed by atoms with E-state index in [9.17, 15) is 18.0 Å². The highest BCUT2D eigenvalue weighted by atomic mass is 32.2. The third kappa shape index (κ3) is 6.11. The van der Waals surface area contributed by atoms with Gasteiger partial charge in [-0.05, 0) is 61.5 Å². The van der Waals surface area contributed by atoms with E-state index in [4.69, 9.17) is 13.9 Å². The standard InChI is InChI=1S/C22H23N3O7S/c1-3-31-19-11-8-16(13-20(19)30-2)22(27)25-24-21(26)15-6-9-18(10-7-15)33(28,29)23-14-17-5-4-12-32-17/h4-13,23H,3,14H2,1-2H3,(H,24,26)(H,25,27). The number of furan rings is 1. The van der Waals surface area contributed by atoms with Gasteiger partial charge >= 0.3 is 0 Å². The van der Waals surface area contributed by atoms with Crippen LogP contribution in [0.25, 0.3) is 0 Å². The third-order valence-corrected chi connectivity index (χ3v) is 5.88. The second kappa shape index (κ2) is 10.7. The highest BCUT2D eigenvalue weighted by Crippen LogP contribution is 2.27. The van der Waals surface area contributed by atoms with Gasteiger partial charge in [0.05, 0.1) is 31.4 Å². The molecule has 3 rings (SSSR count). The van der Waals surface area contributed by atoms with Gasteiger partial charge in [-0.15, -0.1) is 0 Å². The molecular formula is C22H23N3O7S. The molecule has 0 aliphatic rings. The summed E-state index contributed by atoms with van der Waals surface area (Å²) in [5.41, 5.74) is 5.00. The first-order valence-electron chi connectivity index (χ1n) is 9.87. The highest BCUT2D eigenvalue weighted by Gasteiger charge is 2.16. The van der Waals surface area contributed by atoms with Gasteiger partial charge in [0, 0.05) is 11.1 Å². The Bertz CT molecular complexity index is 1210. The van der Waals surface area contributed by atoms with Crippen LogP contribution in [-0.2, 0) is 16.6 Å². The second-order valence-electron chi connectivity index (χ2n) is 6.64. The molecule has 2 aromatic carbocycles. The molecule has 0 fully saturated rings. The first kappa shape index (κ1) is 23.8. The SMILES string of the molecule is CCOc1ccc(C(=O)NNC(=O)c2ccc(S(=O)(=O)NCc3ccco3)cc2)cc1OC. The van der Waals surface area contributed by atoms with Crippen molar-refractivity contribution in [2.75, 3.05) is 13.7 Å². The molecule has 10 nitrogen and oxygen atoms in total. The number of benzene rings is 2. The first-order valence-corrected chi connectivity index (χ1v) is 11.4.